The molecule has 0 aromatic carbocycles. The van der Waals surface area contributed by atoms with E-state index >= 15 is 0 Å². The molecule has 11 nitrogen and oxygen atoms in total. The summed E-state index contributed by atoms with van der Waals surface area (Å²) >= 11 is 0. The predicted octanol–water partition coefficient (Wildman–Crippen LogP) is -6.01. The van der Waals surface area contributed by atoms with E-state index in [0.29, 0.717) is 0 Å². The van der Waals surface area contributed by atoms with E-state index in [9.17, 15) is 40.9 Å². The SMILES string of the molecule is OCC1O[C@@H](O[C@H]2C(O)C(O)[C@H](O)C(O)[C@@H]2O)C(O)[C@H](O)[C@H]1O. The second-order valence-electron chi connectivity index (χ2n) is 5.75. The van der Waals surface area contributed by atoms with Gasteiger partial charge in [-0.15, -0.1) is 0 Å². The second-order valence-corrected chi connectivity index (χ2v) is 5.75. The van der Waals surface area contributed by atoms with Crippen LogP contribution in [0.25, 0.3) is 0 Å². The summed E-state index contributed by atoms with van der Waals surface area (Å²) in [5.41, 5.74) is 0. The van der Waals surface area contributed by atoms with E-state index in [1.807, 2.05) is 0 Å². The molecule has 1 heterocycles. The fourth-order valence-corrected chi connectivity index (χ4v) is 2.69. The van der Waals surface area contributed by atoms with E-state index in [-0.39, 0.29) is 0 Å². The van der Waals surface area contributed by atoms with E-state index in [1.54, 1.807) is 0 Å². The highest BCUT2D eigenvalue weighted by Crippen LogP contribution is 2.29. The van der Waals surface area contributed by atoms with Crippen molar-refractivity contribution < 1.29 is 55.4 Å². The quantitative estimate of drug-likeness (QED) is 0.236. The summed E-state index contributed by atoms with van der Waals surface area (Å²) in [6.45, 7) is -0.704. The molecule has 23 heavy (non-hydrogen) atoms. The third-order valence-electron chi connectivity index (χ3n) is 4.21. The number of aliphatic hydroxyl groups excluding tert-OH is 9. The number of hydrogen-bond donors (Lipinski definition) is 9. The standard InChI is InChI=1S/C12H22O11/c13-1-2-3(14)4(15)10(21)12(22-2)23-11-8(19)6(17)5(16)7(18)9(11)20/h2-21H,1H2/t2?,3-,4+,5-,6?,7?,8?,9-,10?,11-,12-/m0/s1. The highest BCUT2D eigenvalue weighted by molar-refractivity contribution is 5.00. The van der Waals surface area contributed by atoms with Crippen LogP contribution in [-0.2, 0) is 9.47 Å². The fraction of sp³-hybridized carbons (Fsp3) is 1.00. The van der Waals surface area contributed by atoms with Crippen molar-refractivity contribution in [2.75, 3.05) is 6.61 Å². The Bertz CT molecular complexity index is 377. The van der Waals surface area contributed by atoms with Gasteiger partial charge in [-0.05, 0) is 0 Å². The lowest BCUT2D eigenvalue weighted by molar-refractivity contribution is -0.339. The number of aliphatic hydroxyl groups is 9. The van der Waals surface area contributed by atoms with Gasteiger partial charge in [0, 0.05) is 0 Å². The molecule has 1 aliphatic carbocycles. The molecule has 0 aromatic rings. The summed E-state index contributed by atoms with van der Waals surface area (Å²) in [7, 11) is 0. The van der Waals surface area contributed by atoms with Crippen molar-refractivity contribution in [3.8, 4) is 0 Å². The molecule has 2 fully saturated rings. The van der Waals surface area contributed by atoms with Gasteiger partial charge in [-0.25, -0.2) is 0 Å². The van der Waals surface area contributed by atoms with Crippen LogP contribution in [0.5, 0.6) is 0 Å². The largest absolute Gasteiger partial charge is 0.394 e. The van der Waals surface area contributed by atoms with Gasteiger partial charge in [0.25, 0.3) is 0 Å². The Hall–Kier alpha value is -0.440. The van der Waals surface area contributed by atoms with Crippen molar-refractivity contribution >= 4 is 0 Å². The summed E-state index contributed by atoms with van der Waals surface area (Å²) in [6, 6.07) is 0. The van der Waals surface area contributed by atoms with Crippen LogP contribution in [-0.4, -0.2) is 120 Å². The second kappa shape index (κ2) is 7.21. The summed E-state index contributed by atoms with van der Waals surface area (Å²) in [5.74, 6) is 0. The molecule has 0 aromatic heterocycles. The van der Waals surface area contributed by atoms with Crippen LogP contribution in [0.4, 0.5) is 0 Å². The third kappa shape index (κ3) is 3.36. The Labute approximate surface area is 130 Å². The molecule has 5 unspecified atom stereocenters. The van der Waals surface area contributed by atoms with Crippen LogP contribution >= 0.6 is 0 Å². The van der Waals surface area contributed by atoms with Crippen LogP contribution < -0.4 is 0 Å². The Balaban J connectivity index is 2.13. The molecule has 0 radical (unpaired) electrons. The molecule has 1 aliphatic heterocycles. The first-order valence-electron chi connectivity index (χ1n) is 7.07. The summed E-state index contributed by atoms with van der Waals surface area (Å²) in [6.07, 6.45) is -18.9. The molecular formula is C12H22O11. The molecule has 2 rings (SSSR count). The zero-order valence-corrected chi connectivity index (χ0v) is 11.9. The fourth-order valence-electron chi connectivity index (χ4n) is 2.69. The summed E-state index contributed by atoms with van der Waals surface area (Å²) in [4.78, 5) is 0. The molecule has 2 aliphatic rings. The Kier molecular flexibility index (Phi) is 5.92. The maximum Gasteiger partial charge on any atom is 0.187 e. The molecule has 0 amide bonds. The van der Waals surface area contributed by atoms with E-state index in [4.69, 9.17) is 14.6 Å². The number of ether oxygens (including phenoxy) is 2. The highest BCUT2D eigenvalue weighted by Gasteiger charge is 2.52. The van der Waals surface area contributed by atoms with Crippen LogP contribution in [0.3, 0.4) is 0 Å². The number of rotatable bonds is 3. The lowest BCUT2D eigenvalue weighted by Gasteiger charge is -2.45. The monoisotopic (exact) mass is 342 g/mol. The van der Waals surface area contributed by atoms with E-state index < -0.39 is 73.9 Å². The summed E-state index contributed by atoms with van der Waals surface area (Å²) < 4.78 is 10.2. The molecule has 11 atom stereocenters. The van der Waals surface area contributed by atoms with Gasteiger partial charge in [0.05, 0.1) is 6.61 Å². The van der Waals surface area contributed by atoms with Crippen molar-refractivity contribution in [1.29, 1.82) is 0 Å². The van der Waals surface area contributed by atoms with Crippen molar-refractivity contribution in [3.05, 3.63) is 0 Å². The van der Waals surface area contributed by atoms with Crippen LogP contribution in [0, 0.1) is 0 Å². The zero-order chi connectivity index (χ0) is 17.5. The summed E-state index contributed by atoms with van der Waals surface area (Å²) in [5, 5.41) is 86.6. The lowest BCUT2D eigenvalue weighted by Crippen LogP contribution is -2.67. The van der Waals surface area contributed by atoms with E-state index in [1.165, 1.54) is 0 Å². The molecule has 0 bridgehead atoms. The third-order valence-corrected chi connectivity index (χ3v) is 4.21. The lowest BCUT2D eigenvalue weighted by atomic mass is 9.84. The molecule has 1 saturated heterocycles. The average Bonchev–Trinajstić information content (AvgIpc) is 2.54. The van der Waals surface area contributed by atoms with Crippen molar-refractivity contribution in [2.45, 2.75) is 67.3 Å². The van der Waals surface area contributed by atoms with E-state index in [2.05, 4.69) is 0 Å². The molecule has 1 saturated carbocycles. The van der Waals surface area contributed by atoms with Crippen LogP contribution in [0.1, 0.15) is 0 Å². The first-order chi connectivity index (χ1) is 10.7. The maximum absolute atomic E-state index is 9.85. The predicted molar refractivity (Wildman–Crippen MR) is 68.7 cm³/mol. The van der Waals surface area contributed by atoms with Gasteiger partial charge in [-0.2, -0.15) is 0 Å². The Morgan fingerprint density at radius 3 is 1.52 bits per heavy atom. The topological polar surface area (TPSA) is 201 Å². The van der Waals surface area contributed by atoms with Gasteiger partial charge in [0.1, 0.15) is 61.0 Å². The highest BCUT2D eigenvalue weighted by atomic mass is 16.7. The van der Waals surface area contributed by atoms with Gasteiger partial charge < -0.3 is 55.4 Å². The molecule has 11 heteroatoms. The first-order valence-corrected chi connectivity index (χ1v) is 7.07. The normalized spacial score (nSPS) is 54.9. The Morgan fingerprint density at radius 2 is 1.04 bits per heavy atom. The smallest absolute Gasteiger partial charge is 0.187 e. The molecular weight excluding hydrogens is 320 g/mol. The minimum absolute atomic E-state index is 0.704. The van der Waals surface area contributed by atoms with Crippen molar-refractivity contribution in [2.24, 2.45) is 0 Å². The first kappa shape index (κ1) is 18.9. The van der Waals surface area contributed by atoms with Gasteiger partial charge in [0.2, 0.25) is 0 Å². The molecule has 0 spiro atoms. The van der Waals surface area contributed by atoms with Crippen LogP contribution in [0.2, 0.25) is 0 Å². The number of hydrogen-bond acceptors (Lipinski definition) is 11. The average molecular weight is 342 g/mol. The Morgan fingerprint density at radius 1 is 0.609 bits per heavy atom. The van der Waals surface area contributed by atoms with Crippen molar-refractivity contribution in [1.82, 2.24) is 0 Å². The minimum atomic E-state index is -1.83. The zero-order valence-electron chi connectivity index (χ0n) is 11.9. The van der Waals surface area contributed by atoms with Gasteiger partial charge in [0.15, 0.2) is 6.29 Å². The molecule has 136 valence electrons. The minimum Gasteiger partial charge on any atom is -0.394 e. The molecule has 9 N–H and O–H groups in total. The van der Waals surface area contributed by atoms with E-state index in [0.717, 1.165) is 0 Å². The van der Waals surface area contributed by atoms with Crippen molar-refractivity contribution in [3.63, 3.8) is 0 Å². The van der Waals surface area contributed by atoms with Gasteiger partial charge >= 0.3 is 0 Å². The maximum atomic E-state index is 9.85. The van der Waals surface area contributed by atoms with Gasteiger partial charge in [-0.3, -0.25) is 0 Å². The van der Waals surface area contributed by atoms with Gasteiger partial charge in [-0.1, -0.05) is 0 Å². The van der Waals surface area contributed by atoms with Crippen LogP contribution in [0.15, 0.2) is 0 Å².